The zero-order valence-corrected chi connectivity index (χ0v) is 18.6. The molecular weight excluding hydrogens is 412 g/mol. The van der Waals surface area contributed by atoms with Crippen LogP contribution < -0.4 is 10.6 Å². The summed E-state index contributed by atoms with van der Waals surface area (Å²) in [6.07, 6.45) is 0.618. The number of nitrogens with one attached hydrogen (secondary N) is 2. The van der Waals surface area contributed by atoms with Crippen molar-refractivity contribution in [1.29, 1.82) is 0 Å². The minimum atomic E-state index is -3.88. The zero-order chi connectivity index (χ0) is 21.6. The second kappa shape index (κ2) is 9.95. The fourth-order valence-corrected chi connectivity index (χ4v) is 4.59. The Bertz CT molecular complexity index is 953. The van der Waals surface area contributed by atoms with Gasteiger partial charge in [0.05, 0.1) is 17.1 Å². The maximum Gasteiger partial charge on any atom is 0.243 e. The summed E-state index contributed by atoms with van der Waals surface area (Å²) >= 11 is 1.29. The van der Waals surface area contributed by atoms with E-state index in [9.17, 15) is 18.0 Å². The van der Waals surface area contributed by atoms with Gasteiger partial charge in [0.1, 0.15) is 0 Å². The van der Waals surface area contributed by atoms with Gasteiger partial charge < -0.3 is 10.6 Å². The van der Waals surface area contributed by atoms with Gasteiger partial charge in [0.15, 0.2) is 5.13 Å². The number of thiazole rings is 1. The van der Waals surface area contributed by atoms with Gasteiger partial charge in [-0.25, -0.2) is 13.4 Å². The van der Waals surface area contributed by atoms with E-state index in [1.165, 1.54) is 46.8 Å². The van der Waals surface area contributed by atoms with Gasteiger partial charge in [-0.1, -0.05) is 13.8 Å². The SMILES string of the molecule is CC(=O)Nc1ccc(S(=O)(=O)N(CCC(C)C)CC(=O)Nc2nc(C)cs2)cc1. The number of rotatable bonds is 9. The van der Waals surface area contributed by atoms with E-state index in [1.54, 1.807) is 5.38 Å². The number of aromatic nitrogens is 1. The number of benzene rings is 1. The van der Waals surface area contributed by atoms with Crippen LogP contribution in [0, 0.1) is 12.8 Å². The average molecular weight is 439 g/mol. The van der Waals surface area contributed by atoms with Gasteiger partial charge in [0, 0.05) is 24.5 Å². The predicted octanol–water partition coefficient (Wildman–Crippen LogP) is 3.09. The molecule has 1 heterocycles. The third-order valence-corrected chi connectivity index (χ3v) is 6.69. The van der Waals surface area contributed by atoms with Crippen LogP contribution in [0.3, 0.4) is 0 Å². The first-order valence-corrected chi connectivity index (χ1v) is 11.5. The maximum absolute atomic E-state index is 13.1. The summed E-state index contributed by atoms with van der Waals surface area (Å²) in [6, 6.07) is 5.89. The standard InChI is InChI=1S/C19H26N4O4S2/c1-13(2)9-10-23(11-18(25)22-19-20-14(3)12-28-19)29(26,27)17-7-5-16(6-8-17)21-15(4)24/h5-8,12-13H,9-11H2,1-4H3,(H,21,24)(H,20,22,25). The first kappa shape index (κ1) is 23.0. The molecule has 29 heavy (non-hydrogen) atoms. The summed E-state index contributed by atoms with van der Waals surface area (Å²) in [5.41, 5.74) is 1.29. The smallest absolute Gasteiger partial charge is 0.243 e. The summed E-state index contributed by atoms with van der Waals surface area (Å²) in [6.45, 7) is 7.09. The minimum Gasteiger partial charge on any atom is -0.326 e. The lowest BCUT2D eigenvalue weighted by Gasteiger charge is -2.22. The number of hydrogen-bond acceptors (Lipinski definition) is 6. The molecule has 0 unspecified atom stereocenters. The van der Waals surface area contributed by atoms with Crippen molar-refractivity contribution >= 4 is 44.0 Å². The third kappa shape index (κ3) is 6.91. The highest BCUT2D eigenvalue weighted by Gasteiger charge is 2.27. The van der Waals surface area contributed by atoms with Gasteiger partial charge >= 0.3 is 0 Å². The zero-order valence-electron chi connectivity index (χ0n) is 16.9. The van der Waals surface area contributed by atoms with E-state index < -0.39 is 15.9 Å². The Hall–Kier alpha value is -2.30. The second-order valence-corrected chi connectivity index (χ2v) is 9.86. The Morgan fingerprint density at radius 1 is 1.17 bits per heavy atom. The van der Waals surface area contributed by atoms with Crippen LogP contribution in [0.4, 0.5) is 10.8 Å². The molecule has 0 fully saturated rings. The van der Waals surface area contributed by atoms with E-state index >= 15 is 0 Å². The number of carbonyl (C=O) groups excluding carboxylic acids is 2. The van der Waals surface area contributed by atoms with Crippen molar-refractivity contribution in [2.24, 2.45) is 5.92 Å². The Morgan fingerprint density at radius 3 is 2.34 bits per heavy atom. The number of sulfonamides is 1. The highest BCUT2D eigenvalue weighted by atomic mass is 32.2. The van der Waals surface area contributed by atoms with Crippen LogP contribution in [0.5, 0.6) is 0 Å². The topological polar surface area (TPSA) is 108 Å². The van der Waals surface area contributed by atoms with E-state index in [-0.39, 0.29) is 29.8 Å². The molecular formula is C19H26N4O4S2. The van der Waals surface area contributed by atoms with E-state index in [1.807, 2.05) is 20.8 Å². The largest absolute Gasteiger partial charge is 0.326 e. The monoisotopic (exact) mass is 438 g/mol. The van der Waals surface area contributed by atoms with Crippen LogP contribution >= 0.6 is 11.3 Å². The van der Waals surface area contributed by atoms with Crippen molar-refractivity contribution in [1.82, 2.24) is 9.29 Å². The number of anilines is 2. The Labute approximate surface area is 175 Å². The van der Waals surface area contributed by atoms with Crippen molar-refractivity contribution in [3.63, 3.8) is 0 Å². The van der Waals surface area contributed by atoms with E-state index in [2.05, 4.69) is 15.6 Å². The molecule has 2 rings (SSSR count). The lowest BCUT2D eigenvalue weighted by Crippen LogP contribution is -2.39. The maximum atomic E-state index is 13.1. The molecule has 0 aliphatic heterocycles. The lowest BCUT2D eigenvalue weighted by atomic mass is 10.1. The summed E-state index contributed by atoms with van der Waals surface area (Å²) in [7, 11) is -3.88. The molecule has 0 atom stereocenters. The number of hydrogen-bond donors (Lipinski definition) is 2. The molecule has 0 spiro atoms. The molecule has 10 heteroatoms. The summed E-state index contributed by atoms with van der Waals surface area (Å²) in [5.74, 6) is -0.408. The molecule has 0 radical (unpaired) electrons. The molecule has 0 saturated carbocycles. The lowest BCUT2D eigenvalue weighted by molar-refractivity contribution is -0.116. The van der Waals surface area contributed by atoms with Gasteiger partial charge in [-0.05, 0) is 43.5 Å². The molecule has 1 aromatic carbocycles. The average Bonchev–Trinajstić information content (AvgIpc) is 3.02. The number of carbonyl (C=O) groups is 2. The second-order valence-electron chi connectivity index (χ2n) is 7.07. The first-order chi connectivity index (χ1) is 13.6. The molecule has 8 nitrogen and oxygen atoms in total. The van der Waals surface area contributed by atoms with Gasteiger partial charge in [-0.3, -0.25) is 9.59 Å². The van der Waals surface area contributed by atoms with Crippen molar-refractivity contribution in [2.45, 2.75) is 39.0 Å². The van der Waals surface area contributed by atoms with E-state index in [4.69, 9.17) is 0 Å². The molecule has 2 aromatic rings. The molecule has 0 saturated heterocycles. The quantitative estimate of drug-likeness (QED) is 0.625. The van der Waals surface area contributed by atoms with E-state index in [0.29, 0.717) is 17.2 Å². The van der Waals surface area contributed by atoms with Crippen molar-refractivity contribution in [3.05, 3.63) is 35.3 Å². The van der Waals surface area contributed by atoms with Crippen LogP contribution in [-0.2, 0) is 19.6 Å². The van der Waals surface area contributed by atoms with Crippen LogP contribution in [0.15, 0.2) is 34.5 Å². The highest BCUT2D eigenvalue weighted by Crippen LogP contribution is 2.20. The Morgan fingerprint density at radius 2 is 1.83 bits per heavy atom. The molecule has 2 amide bonds. The van der Waals surface area contributed by atoms with Crippen molar-refractivity contribution < 1.29 is 18.0 Å². The fraction of sp³-hybridized carbons (Fsp3) is 0.421. The highest BCUT2D eigenvalue weighted by molar-refractivity contribution is 7.89. The minimum absolute atomic E-state index is 0.0632. The van der Waals surface area contributed by atoms with Crippen LogP contribution in [0.2, 0.25) is 0 Å². The number of aryl methyl sites for hydroxylation is 1. The van der Waals surface area contributed by atoms with Crippen LogP contribution in [0.1, 0.15) is 32.9 Å². The van der Waals surface area contributed by atoms with Gasteiger partial charge in [-0.15, -0.1) is 11.3 Å². The fourth-order valence-electron chi connectivity index (χ4n) is 2.48. The normalized spacial score (nSPS) is 11.7. The van der Waals surface area contributed by atoms with Crippen LogP contribution in [0.25, 0.3) is 0 Å². The van der Waals surface area contributed by atoms with Crippen LogP contribution in [-0.4, -0.2) is 42.6 Å². The van der Waals surface area contributed by atoms with Gasteiger partial charge in [0.25, 0.3) is 0 Å². The first-order valence-electron chi connectivity index (χ1n) is 9.17. The molecule has 1 aromatic heterocycles. The molecule has 158 valence electrons. The number of nitrogens with zero attached hydrogens (tertiary/aromatic N) is 2. The van der Waals surface area contributed by atoms with Gasteiger partial charge in [0.2, 0.25) is 21.8 Å². The predicted molar refractivity (Wildman–Crippen MR) is 114 cm³/mol. The summed E-state index contributed by atoms with van der Waals surface area (Å²) in [5, 5.41) is 7.49. The van der Waals surface area contributed by atoms with Crippen molar-refractivity contribution in [3.8, 4) is 0 Å². The molecule has 0 aliphatic rings. The number of amides is 2. The summed E-state index contributed by atoms with van der Waals surface area (Å²) in [4.78, 5) is 27.8. The van der Waals surface area contributed by atoms with E-state index in [0.717, 1.165) is 5.69 Å². The van der Waals surface area contributed by atoms with Crippen molar-refractivity contribution in [2.75, 3.05) is 23.7 Å². The summed E-state index contributed by atoms with van der Waals surface area (Å²) < 4.78 is 27.4. The Balaban J connectivity index is 2.19. The van der Waals surface area contributed by atoms with Gasteiger partial charge in [-0.2, -0.15) is 4.31 Å². The molecule has 2 N–H and O–H groups in total. The molecule has 0 aliphatic carbocycles. The third-order valence-electron chi connectivity index (χ3n) is 3.95. The Kier molecular flexibility index (Phi) is 7.88. The molecule has 0 bridgehead atoms.